The van der Waals surface area contributed by atoms with Crippen LogP contribution in [0.2, 0.25) is 0 Å². The van der Waals surface area contributed by atoms with Gasteiger partial charge >= 0.3 is 29.6 Å². The van der Waals surface area contributed by atoms with Crippen LogP contribution in [0.4, 0.5) is 0 Å². The predicted molar refractivity (Wildman–Crippen MR) is 68.7 cm³/mol. The van der Waals surface area contributed by atoms with Gasteiger partial charge in [-0.05, 0) is 6.92 Å². The molecule has 1 aliphatic heterocycles. The van der Waals surface area contributed by atoms with Gasteiger partial charge in [-0.3, -0.25) is 4.79 Å². The van der Waals surface area contributed by atoms with Crippen LogP contribution in [0, 0.1) is 6.92 Å². The van der Waals surface area contributed by atoms with Gasteiger partial charge in [-0.1, -0.05) is 0 Å². The van der Waals surface area contributed by atoms with Crippen LogP contribution in [0.15, 0.2) is 17.1 Å². The summed E-state index contributed by atoms with van der Waals surface area (Å²) in [4.78, 5) is 22.7. The van der Waals surface area contributed by atoms with Gasteiger partial charge in [0.2, 0.25) is 11.7 Å². The minimum Gasteiger partial charge on any atom is -0.547 e. The van der Waals surface area contributed by atoms with E-state index in [1.54, 1.807) is 18.5 Å². The molecule has 1 aliphatic rings. The molecule has 1 aromatic rings. The Labute approximate surface area is 153 Å². The van der Waals surface area contributed by atoms with Crippen molar-refractivity contribution in [3.63, 3.8) is 0 Å². The minimum absolute atomic E-state index is 0. The van der Waals surface area contributed by atoms with E-state index in [-0.39, 0.29) is 35.3 Å². The zero-order valence-electron chi connectivity index (χ0n) is 12.9. The maximum atomic E-state index is 11.8. The third kappa shape index (κ3) is 3.94. The van der Waals surface area contributed by atoms with E-state index in [1.807, 2.05) is 0 Å². The van der Waals surface area contributed by atoms with Crippen molar-refractivity contribution in [2.24, 2.45) is 7.05 Å². The van der Waals surface area contributed by atoms with E-state index in [9.17, 15) is 30.0 Å². The Morgan fingerprint density at radius 1 is 1.30 bits per heavy atom. The number of aliphatic carboxylic acids is 1. The molecule has 23 heavy (non-hydrogen) atoms. The molecule has 122 valence electrons. The minimum atomic E-state index is -1.89. The van der Waals surface area contributed by atoms with E-state index in [2.05, 4.69) is 0 Å². The number of aromatic nitrogens is 1. The molecule has 3 unspecified atom stereocenters. The number of nitrogens with zero attached hydrogens (tertiary/aromatic N) is 1. The van der Waals surface area contributed by atoms with Crippen molar-refractivity contribution in [1.82, 2.24) is 4.57 Å². The number of hydrogen-bond donors (Lipinski definition) is 3. The number of carbonyl (C=O) groups is 1. The van der Waals surface area contributed by atoms with Gasteiger partial charge in [-0.15, -0.1) is 0 Å². The van der Waals surface area contributed by atoms with Crippen LogP contribution >= 0.6 is 0 Å². The van der Waals surface area contributed by atoms with E-state index in [0.717, 1.165) is 0 Å². The van der Waals surface area contributed by atoms with Crippen LogP contribution in [-0.4, -0.2) is 56.6 Å². The van der Waals surface area contributed by atoms with Gasteiger partial charge < -0.3 is 39.3 Å². The molecule has 1 aromatic heterocycles. The smallest absolute Gasteiger partial charge is 0.547 e. The summed E-state index contributed by atoms with van der Waals surface area (Å²) in [7, 11) is 1.66. The van der Waals surface area contributed by atoms with Crippen molar-refractivity contribution in [2.45, 2.75) is 37.6 Å². The summed E-state index contributed by atoms with van der Waals surface area (Å²) in [6.45, 7) is 1.58. The first-order chi connectivity index (χ1) is 10.2. The van der Waals surface area contributed by atoms with Gasteiger partial charge in [0.05, 0.1) is 11.7 Å². The monoisotopic (exact) mass is 337 g/mol. The van der Waals surface area contributed by atoms with Crippen molar-refractivity contribution in [3.05, 3.63) is 28.2 Å². The third-order valence-electron chi connectivity index (χ3n) is 3.57. The van der Waals surface area contributed by atoms with Crippen LogP contribution < -0.4 is 44.8 Å². The summed E-state index contributed by atoms with van der Waals surface area (Å²) in [6, 6.07) is 1.22. The van der Waals surface area contributed by atoms with Gasteiger partial charge in [0.25, 0.3) is 0 Å². The first-order valence-corrected chi connectivity index (χ1v) is 6.47. The van der Waals surface area contributed by atoms with E-state index >= 15 is 0 Å². The zero-order chi connectivity index (χ0) is 16.6. The zero-order valence-corrected chi connectivity index (χ0v) is 14.9. The molecule has 0 radical (unpaired) electrons. The molecule has 0 saturated carbocycles. The van der Waals surface area contributed by atoms with Crippen molar-refractivity contribution >= 4 is 5.97 Å². The Morgan fingerprint density at radius 3 is 2.48 bits per heavy atom. The number of carboxylic acid groups (broad SMARTS) is 1. The second kappa shape index (κ2) is 7.75. The van der Waals surface area contributed by atoms with E-state index in [4.69, 9.17) is 9.47 Å². The molecule has 1 saturated heterocycles. The fraction of sp³-hybridized carbons (Fsp3) is 0.538. The molecule has 9 nitrogen and oxygen atoms in total. The first-order valence-electron chi connectivity index (χ1n) is 6.47. The second-order valence-corrected chi connectivity index (χ2v) is 5.04. The Hall–Kier alpha value is -0.940. The number of rotatable bonds is 3. The van der Waals surface area contributed by atoms with Gasteiger partial charge in [0.15, 0.2) is 5.75 Å². The fourth-order valence-corrected chi connectivity index (χ4v) is 2.11. The fourth-order valence-electron chi connectivity index (χ4n) is 2.11. The summed E-state index contributed by atoms with van der Waals surface area (Å²) < 4.78 is 11.7. The topological polar surface area (TPSA) is 141 Å². The number of carboxylic acids is 1. The molecular weight excluding hydrogens is 321 g/mol. The van der Waals surface area contributed by atoms with Crippen molar-refractivity contribution in [3.8, 4) is 5.75 Å². The van der Waals surface area contributed by atoms with Crippen molar-refractivity contribution in [2.75, 3.05) is 0 Å². The molecule has 5 atom stereocenters. The summed E-state index contributed by atoms with van der Waals surface area (Å²) in [5.41, 5.74) is -0.0917. The summed E-state index contributed by atoms with van der Waals surface area (Å²) in [5, 5.41) is 39.9. The van der Waals surface area contributed by atoms with Crippen LogP contribution in [-0.2, 0) is 16.6 Å². The predicted octanol–water partition coefficient (Wildman–Crippen LogP) is -6.37. The largest absolute Gasteiger partial charge is 1.00 e. The van der Waals surface area contributed by atoms with Crippen LogP contribution in [0.5, 0.6) is 5.75 Å². The number of ether oxygens (including phenoxy) is 2. The molecular formula is C13H16NNaO8. The van der Waals surface area contributed by atoms with E-state index in [0.29, 0.717) is 5.69 Å². The van der Waals surface area contributed by atoms with Crippen LogP contribution in [0.25, 0.3) is 0 Å². The average Bonchev–Trinajstić information content (AvgIpc) is 2.47. The summed E-state index contributed by atoms with van der Waals surface area (Å²) in [6.07, 6.45) is -7.47. The maximum Gasteiger partial charge on any atom is 1.00 e. The number of aliphatic hydroxyl groups is 3. The average molecular weight is 337 g/mol. The molecule has 2 rings (SSSR count). The number of aliphatic hydroxyl groups excluding tert-OH is 3. The molecule has 0 amide bonds. The Balaban J connectivity index is 0.00000264. The molecule has 0 spiro atoms. The van der Waals surface area contributed by atoms with Crippen LogP contribution in [0.1, 0.15) is 5.69 Å². The van der Waals surface area contributed by atoms with Crippen molar-refractivity contribution in [1.29, 1.82) is 0 Å². The molecule has 3 N–H and O–H groups in total. The quantitative estimate of drug-likeness (QED) is 0.463. The summed E-state index contributed by atoms with van der Waals surface area (Å²) >= 11 is 0. The molecule has 10 heteroatoms. The number of aryl methyl sites for hydroxylation is 1. The molecule has 0 aromatic carbocycles. The van der Waals surface area contributed by atoms with Crippen molar-refractivity contribution < 1.29 is 64.3 Å². The Morgan fingerprint density at radius 2 is 1.91 bits per heavy atom. The number of carbonyl (C=O) groups excluding carboxylic acids is 1. The van der Waals surface area contributed by atoms with Gasteiger partial charge in [0, 0.05) is 19.3 Å². The third-order valence-corrected chi connectivity index (χ3v) is 3.57. The Kier molecular flexibility index (Phi) is 6.78. The van der Waals surface area contributed by atoms with E-state index in [1.165, 1.54) is 12.3 Å². The Bertz CT molecular complexity index is 633. The second-order valence-electron chi connectivity index (χ2n) is 5.04. The van der Waals surface area contributed by atoms with Crippen LogP contribution in [0.3, 0.4) is 0 Å². The molecule has 2 heterocycles. The summed E-state index contributed by atoms with van der Waals surface area (Å²) in [5.74, 6) is -1.93. The van der Waals surface area contributed by atoms with Gasteiger partial charge in [0.1, 0.15) is 24.4 Å². The standard InChI is InChI=1S/C13H17NO8.Na/c1-5-10(6(15)3-4-14(5)2)21-13-9(18)7(16)8(17)11(22-13)12(19)20;/h3-4,7-9,11,13,16-18H,1-2H3,(H,19,20);/q;+1/p-1/t7?,8-,9?,11?,13-;/m1./s1. The number of hydrogen-bond acceptors (Lipinski definition) is 8. The SMILES string of the molecule is Cc1c(O[C@@H]2OC(C(=O)[O-])[C@H](O)C(O)C2O)c(=O)ccn1C.[Na+]. The van der Waals surface area contributed by atoms with Gasteiger partial charge in [-0.2, -0.15) is 0 Å². The molecule has 1 fully saturated rings. The van der Waals surface area contributed by atoms with Gasteiger partial charge in [-0.25, -0.2) is 0 Å². The van der Waals surface area contributed by atoms with E-state index < -0.39 is 42.1 Å². The normalized spacial score (nSPS) is 30.4. The number of pyridine rings is 1. The maximum absolute atomic E-state index is 11.8. The molecule has 0 bridgehead atoms. The molecule has 0 aliphatic carbocycles. The first kappa shape index (κ1) is 20.1.